The standard InChI is InChI=1S/C24H18N4O5/c29-22(25-19-10-12-20(13-11-19)28(32)33)15-27-23(30)21(26-24(27)31)14-16-6-8-18(9-7-16)17-4-2-1-3-5-17/h1-14H,15H2,(H,25,29)(H,26,31)/b21-14-. The number of rotatable bonds is 6. The summed E-state index contributed by atoms with van der Waals surface area (Å²) in [5.74, 6) is -1.23. The third-order valence-corrected chi connectivity index (χ3v) is 4.95. The van der Waals surface area contributed by atoms with E-state index in [1.807, 2.05) is 54.6 Å². The van der Waals surface area contributed by atoms with Gasteiger partial charge in [-0.05, 0) is 34.9 Å². The Bertz CT molecular complexity index is 1250. The Morgan fingerprint density at radius 1 is 0.939 bits per heavy atom. The monoisotopic (exact) mass is 442 g/mol. The van der Waals surface area contributed by atoms with Crippen molar-refractivity contribution in [2.24, 2.45) is 0 Å². The van der Waals surface area contributed by atoms with Crippen LogP contribution in [0.1, 0.15) is 5.56 Å². The second-order valence-electron chi connectivity index (χ2n) is 7.22. The molecule has 0 aromatic heterocycles. The Kier molecular flexibility index (Phi) is 5.94. The number of imide groups is 1. The first-order valence-electron chi connectivity index (χ1n) is 9.95. The van der Waals surface area contributed by atoms with Crippen LogP contribution in [0.15, 0.2) is 84.6 Å². The molecular weight excluding hydrogens is 424 g/mol. The summed E-state index contributed by atoms with van der Waals surface area (Å²) < 4.78 is 0. The third-order valence-electron chi connectivity index (χ3n) is 4.95. The molecule has 1 heterocycles. The van der Waals surface area contributed by atoms with Gasteiger partial charge in [-0.1, -0.05) is 54.6 Å². The van der Waals surface area contributed by atoms with Gasteiger partial charge >= 0.3 is 6.03 Å². The number of non-ortho nitro benzene ring substituents is 1. The van der Waals surface area contributed by atoms with Crippen molar-refractivity contribution in [3.8, 4) is 11.1 Å². The topological polar surface area (TPSA) is 122 Å². The van der Waals surface area contributed by atoms with E-state index < -0.39 is 29.3 Å². The van der Waals surface area contributed by atoms with Crippen LogP contribution in [0.2, 0.25) is 0 Å². The van der Waals surface area contributed by atoms with Gasteiger partial charge in [-0.15, -0.1) is 0 Å². The fraction of sp³-hybridized carbons (Fsp3) is 0.0417. The highest BCUT2D eigenvalue weighted by atomic mass is 16.6. The summed E-state index contributed by atoms with van der Waals surface area (Å²) in [4.78, 5) is 48.1. The van der Waals surface area contributed by atoms with Crippen LogP contribution in [0.4, 0.5) is 16.2 Å². The molecule has 4 rings (SSSR count). The van der Waals surface area contributed by atoms with E-state index >= 15 is 0 Å². The molecule has 164 valence electrons. The molecule has 0 atom stereocenters. The van der Waals surface area contributed by atoms with Gasteiger partial charge in [0.05, 0.1) is 4.92 Å². The maximum atomic E-state index is 12.6. The van der Waals surface area contributed by atoms with E-state index in [1.54, 1.807) is 6.08 Å². The van der Waals surface area contributed by atoms with Gasteiger partial charge in [0, 0.05) is 17.8 Å². The lowest BCUT2D eigenvalue weighted by Gasteiger charge is -2.11. The summed E-state index contributed by atoms with van der Waals surface area (Å²) in [6.07, 6.45) is 1.54. The first-order valence-corrected chi connectivity index (χ1v) is 9.95. The Morgan fingerprint density at radius 3 is 2.21 bits per heavy atom. The van der Waals surface area contributed by atoms with E-state index in [2.05, 4.69) is 10.6 Å². The Labute approximate surface area is 188 Å². The number of urea groups is 1. The van der Waals surface area contributed by atoms with Crippen LogP contribution in [0.25, 0.3) is 17.2 Å². The van der Waals surface area contributed by atoms with Gasteiger partial charge in [0.1, 0.15) is 12.2 Å². The minimum atomic E-state index is -0.703. The number of nitrogens with one attached hydrogen (secondary N) is 2. The molecule has 3 aromatic rings. The van der Waals surface area contributed by atoms with Crippen molar-refractivity contribution in [3.63, 3.8) is 0 Å². The van der Waals surface area contributed by atoms with E-state index in [1.165, 1.54) is 24.3 Å². The predicted octanol–water partition coefficient (Wildman–Crippen LogP) is 3.79. The highest BCUT2D eigenvalue weighted by molar-refractivity contribution is 6.15. The molecule has 1 fully saturated rings. The first kappa shape index (κ1) is 21.4. The van der Waals surface area contributed by atoms with Crippen molar-refractivity contribution in [3.05, 3.63) is 100 Å². The van der Waals surface area contributed by atoms with Crippen LogP contribution in [0.3, 0.4) is 0 Å². The smallest absolute Gasteiger partial charge is 0.325 e. The third kappa shape index (κ3) is 4.93. The maximum Gasteiger partial charge on any atom is 0.329 e. The van der Waals surface area contributed by atoms with Gasteiger partial charge in [0.2, 0.25) is 5.91 Å². The molecule has 1 aliphatic heterocycles. The number of anilines is 1. The summed E-state index contributed by atoms with van der Waals surface area (Å²) in [5.41, 5.74) is 3.06. The van der Waals surface area contributed by atoms with Crippen LogP contribution >= 0.6 is 0 Å². The van der Waals surface area contributed by atoms with Gasteiger partial charge < -0.3 is 10.6 Å². The van der Waals surface area contributed by atoms with Crippen molar-refractivity contribution in [1.82, 2.24) is 10.2 Å². The van der Waals surface area contributed by atoms with Crippen molar-refractivity contribution < 1.29 is 19.3 Å². The Morgan fingerprint density at radius 2 is 1.58 bits per heavy atom. The number of carbonyl (C=O) groups excluding carboxylic acids is 3. The summed E-state index contributed by atoms with van der Waals surface area (Å²) >= 11 is 0. The van der Waals surface area contributed by atoms with Gasteiger partial charge in [0.15, 0.2) is 0 Å². The van der Waals surface area contributed by atoms with Gasteiger partial charge in [-0.2, -0.15) is 0 Å². The summed E-state index contributed by atoms with van der Waals surface area (Å²) in [5, 5.41) is 15.7. The average molecular weight is 442 g/mol. The molecule has 9 nitrogen and oxygen atoms in total. The lowest BCUT2D eigenvalue weighted by molar-refractivity contribution is -0.384. The fourth-order valence-corrected chi connectivity index (χ4v) is 3.29. The zero-order valence-corrected chi connectivity index (χ0v) is 17.2. The van der Waals surface area contributed by atoms with Crippen LogP contribution in [-0.4, -0.2) is 34.2 Å². The highest BCUT2D eigenvalue weighted by Crippen LogP contribution is 2.21. The van der Waals surface area contributed by atoms with Crippen molar-refractivity contribution in [2.45, 2.75) is 0 Å². The van der Waals surface area contributed by atoms with Gasteiger partial charge in [0.25, 0.3) is 11.6 Å². The second kappa shape index (κ2) is 9.15. The number of hydrogen-bond donors (Lipinski definition) is 2. The van der Waals surface area contributed by atoms with Crippen molar-refractivity contribution >= 4 is 35.3 Å². The Balaban J connectivity index is 1.41. The number of hydrogen-bond acceptors (Lipinski definition) is 5. The minimum Gasteiger partial charge on any atom is -0.325 e. The maximum absolute atomic E-state index is 12.6. The Hall–Kier alpha value is -4.79. The normalized spacial score (nSPS) is 14.3. The highest BCUT2D eigenvalue weighted by Gasteiger charge is 2.34. The number of amides is 4. The lowest BCUT2D eigenvalue weighted by Crippen LogP contribution is -2.38. The molecule has 2 N–H and O–H groups in total. The number of nitrogens with zero attached hydrogens (tertiary/aromatic N) is 2. The predicted molar refractivity (Wildman–Crippen MR) is 122 cm³/mol. The molecule has 0 unspecified atom stereocenters. The number of nitro groups is 1. The van der Waals surface area contributed by atoms with Crippen LogP contribution in [-0.2, 0) is 9.59 Å². The molecule has 4 amide bonds. The molecule has 0 bridgehead atoms. The van der Waals surface area contributed by atoms with E-state index in [4.69, 9.17) is 0 Å². The molecule has 1 aliphatic rings. The number of benzene rings is 3. The van der Waals surface area contributed by atoms with Gasteiger partial charge in [-0.3, -0.25) is 19.7 Å². The summed E-state index contributed by atoms with van der Waals surface area (Å²) in [6.45, 7) is -0.494. The van der Waals surface area contributed by atoms with E-state index in [-0.39, 0.29) is 11.4 Å². The molecule has 9 heteroatoms. The van der Waals surface area contributed by atoms with E-state index in [9.17, 15) is 24.5 Å². The van der Waals surface area contributed by atoms with E-state index in [0.29, 0.717) is 5.69 Å². The average Bonchev–Trinajstić information content (AvgIpc) is 3.07. The van der Waals surface area contributed by atoms with Crippen LogP contribution < -0.4 is 10.6 Å². The molecular formula is C24H18N4O5. The van der Waals surface area contributed by atoms with Gasteiger partial charge in [-0.25, -0.2) is 9.69 Å². The summed E-state index contributed by atoms with van der Waals surface area (Å²) in [7, 11) is 0. The number of nitro benzene ring substituents is 1. The van der Waals surface area contributed by atoms with E-state index in [0.717, 1.165) is 21.6 Å². The van der Waals surface area contributed by atoms with Crippen LogP contribution in [0.5, 0.6) is 0 Å². The molecule has 0 aliphatic carbocycles. The summed E-state index contributed by atoms with van der Waals surface area (Å²) in [6, 6.07) is 21.8. The number of carbonyl (C=O) groups is 3. The minimum absolute atomic E-state index is 0.0654. The molecule has 0 radical (unpaired) electrons. The fourth-order valence-electron chi connectivity index (χ4n) is 3.29. The lowest BCUT2D eigenvalue weighted by atomic mass is 10.0. The zero-order chi connectivity index (χ0) is 23.4. The SMILES string of the molecule is O=C(CN1C(=O)N/C(=C\c2ccc(-c3ccccc3)cc2)C1=O)Nc1ccc([N+](=O)[O-])cc1. The molecule has 0 saturated carbocycles. The quantitative estimate of drug-likeness (QED) is 0.260. The van der Waals surface area contributed by atoms with Crippen molar-refractivity contribution in [2.75, 3.05) is 11.9 Å². The zero-order valence-electron chi connectivity index (χ0n) is 17.2. The molecule has 3 aromatic carbocycles. The van der Waals surface area contributed by atoms with Crippen LogP contribution in [0, 0.1) is 10.1 Å². The molecule has 0 spiro atoms. The largest absolute Gasteiger partial charge is 0.329 e. The molecule has 1 saturated heterocycles. The molecule has 33 heavy (non-hydrogen) atoms. The first-order chi connectivity index (χ1) is 15.9. The second-order valence-corrected chi connectivity index (χ2v) is 7.22. The van der Waals surface area contributed by atoms with Crippen molar-refractivity contribution in [1.29, 1.82) is 0 Å².